The lowest BCUT2D eigenvalue weighted by Gasteiger charge is -2.43. The number of hydrogen-bond donors (Lipinski definition) is 3. The molecule has 0 bridgehead atoms. The largest absolute Gasteiger partial charge is 0.507 e. The molecule has 0 aliphatic rings. The van der Waals surface area contributed by atoms with Gasteiger partial charge in [-0.2, -0.15) is 0 Å². The van der Waals surface area contributed by atoms with Crippen LogP contribution in [0.1, 0.15) is 58.9 Å². The van der Waals surface area contributed by atoms with E-state index in [1.165, 1.54) is 15.9 Å². The van der Waals surface area contributed by atoms with Gasteiger partial charge in [0.2, 0.25) is 0 Å². The van der Waals surface area contributed by atoms with E-state index in [0.29, 0.717) is 24.0 Å². The Labute approximate surface area is 270 Å². The molecule has 0 aromatic heterocycles. The highest BCUT2D eigenvalue weighted by Gasteiger charge is 2.50. The molecule has 1 unspecified atom stereocenters. The lowest BCUT2D eigenvalue weighted by Crippen LogP contribution is -2.66. The minimum Gasteiger partial charge on any atom is -0.507 e. The van der Waals surface area contributed by atoms with E-state index in [4.69, 9.17) is 4.43 Å². The van der Waals surface area contributed by atoms with E-state index in [9.17, 15) is 15.3 Å². The third-order valence-electron chi connectivity index (χ3n) is 8.56. The molecule has 5 heteroatoms. The average Bonchev–Trinajstić information content (AvgIpc) is 3.04. The van der Waals surface area contributed by atoms with Crippen LogP contribution in [-0.2, 0) is 4.43 Å². The monoisotopic (exact) mass is 620 g/mol. The summed E-state index contributed by atoms with van der Waals surface area (Å²) in [6.45, 7) is 13.3. The molecule has 236 valence electrons. The number of aliphatic hydroxyl groups excluding tert-OH is 2. The number of phenolic OH excluding ortho intramolecular Hbond substituents is 1. The van der Waals surface area contributed by atoms with Gasteiger partial charge < -0.3 is 19.7 Å². The first kappa shape index (κ1) is 34.1. The van der Waals surface area contributed by atoms with Crippen molar-refractivity contribution < 1.29 is 19.7 Å². The molecule has 4 aromatic rings. The van der Waals surface area contributed by atoms with Gasteiger partial charge in [0.25, 0.3) is 8.32 Å². The molecule has 0 fully saturated rings. The maximum atomic E-state index is 11.5. The molecule has 4 aromatic carbocycles. The predicted octanol–water partition coefficient (Wildman–Crippen LogP) is 7.92. The Bertz CT molecular complexity index is 1580. The van der Waals surface area contributed by atoms with Gasteiger partial charge in [0.15, 0.2) is 0 Å². The van der Waals surface area contributed by atoms with Crippen molar-refractivity contribution in [1.82, 2.24) is 0 Å². The molecule has 0 amide bonds. The van der Waals surface area contributed by atoms with Crippen LogP contribution >= 0.6 is 0 Å². The Morgan fingerprint density at radius 1 is 0.844 bits per heavy atom. The van der Waals surface area contributed by atoms with Crippen LogP contribution in [0.25, 0.3) is 16.8 Å². The highest BCUT2D eigenvalue weighted by molar-refractivity contribution is 6.99. The molecule has 4 nitrogen and oxygen atoms in total. The number of benzene rings is 4. The molecule has 0 heterocycles. The smallest absolute Gasteiger partial charge is 0.261 e. The van der Waals surface area contributed by atoms with Crippen LogP contribution < -0.4 is 10.4 Å². The van der Waals surface area contributed by atoms with Gasteiger partial charge in [0, 0.05) is 5.39 Å². The molecule has 4 rings (SSSR count). The molecule has 3 N–H and O–H groups in total. The first-order valence-electron chi connectivity index (χ1n) is 15.9. The van der Waals surface area contributed by atoms with Gasteiger partial charge >= 0.3 is 0 Å². The van der Waals surface area contributed by atoms with Gasteiger partial charge in [0.1, 0.15) is 5.75 Å². The molecule has 0 spiro atoms. The summed E-state index contributed by atoms with van der Waals surface area (Å²) in [6.07, 6.45) is 6.12. The number of phenols is 1. The summed E-state index contributed by atoms with van der Waals surface area (Å²) in [4.78, 5) is 0. The summed E-state index contributed by atoms with van der Waals surface area (Å²) in [7, 11) is -2.79. The first-order chi connectivity index (χ1) is 21.6. The van der Waals surface area contributed by atoms with Crippen LogP contribution in [0.5, 0.6) is 5.75 Å². The second-order valence-electron chi connectivity index (χ2n) is 12.7. The fourth-order valence-corrected chi connectivity index (χ4v) is 10.9. The molecule has 1 atom stereocenters. The fraction of sp³-hybridized carbons (Fsp3) is 0.300. The number of aliphatic hydroxyl groups is 2. The summed E-state index contributed by atoms with van der Waals surface area (Å²) in [5.41, 5.74) is 3.58. The normalized spacial score (nSPS) is 13.6. The van der Waals surface area contributed by atoms with Crippen LogP contribution in [0.2, 0.25) is 5.04 Å². The third-order valence-corrected chi connectivity index (χ3v) is 13.5. The molecule has 0 radical (unpaired) electrons. The molecule has 0 aliphatic carbocycles. The number of hydrogen-bond acceptors (Lipinski definition) is 4. The summed E-state index contributed by atoms with van der Waals surface area (Å²) < 4.78 is 7.07. The maximum absolute atomic E-state index is 11.5. The van der Waals surface area contributed by atoms with E-state index in [0.717, 1.165) is 29.2 Å². The molecule has 0 aliphatic heterocycles. The quantitative estimate of drug-likeness (QED) is 0.0990. The van der Waals surface area contributed by atoms with Gasteiger partial charge in [0.05, 0.1) is 19.3 Å². The van der Waals surface area contributed by atoms with Crippen molar-refractivity contribution in [2.75, 3.05) is 13.2 Å². The Kier molecular flexibility index (Phi) is 11.8. The molecular weight excluding hydrogens is 573 g/mol. The molecule has 45 heavy (non-hydrogen) atoms. The Morgan fingerprint density at radius 3 is 1.98 bits per heavy atom. The Hall–Kier alpha value is -3.74. The zero-order valence-electron chi connectivity index (χ0n) is 27.2. The highest BCUT2D eigenvalue weighted by Crippen LogP contribution is 2.37. The van der Waals surface area contributed by atoms with Crippen LogP contribution in [-0.4, -0.2) is 43.0 Å². The van der Waals surface area contributed by atoms with Crippen molar-refractivity contribution >= 4 is 35.5 Å². The summed E-state index contributed by atoms with van der Waals surface area (Å²) in [5.74, 6) is 0.271. The van der Waals surface area contributed by atoms with Crippen molar-refractivity contribution in [3.63, 3.8) is 0 Å². The average molecular weight is 621 g/mol. The van der Waals surface area contributed by atoms with Gasteiger partial charge in [-0.05, 0) is 62.8 Å². The first-order valence-corrected chi connectivity index (χ1v) is 17.9. The van der Waals surface area contributed by atoms with Crippen molar-refractivity contribution in [3.05, 3.63) is 132 Å². The summed E-state index contributed by atoms with van der Waals surface area (Å²) in [6, 6.07) is 32.5. The molecule has 0 saturated heterocycles. The van der Waals surface area contributed by atoms with Crippen LogP contribution in [0.15, 0.2) is 126 Å². The molecular formula is C40H48O4Si. The topological polar surface area (TPSA) is 69.9 Å². The SMILES string of the molecule is C=C(CO[Si](c1ccccc1)(c1ccccc1)C(C)(C)C)/C(=C/CO)C(O)CC/C(=C/c1ccc(O)c2ccccc12)CCC. The minimum absolute atomic E-state index is 0.187. The van der Waals surface area contributed by atoms with Crippen molar-refractivity contribution in [1.29, 1.82) is 0 Å². The Balaban J connectivity index is 1.57. The van der Waals surface area contributed by atoms with E-state index in [1.807, 2.05) is 42.5 Å². The number of allylic oxidation sites excluding steroid dienone is 1. The van der Waals surface area contributed by atoms with E-state index in [2.05, 4.69) is 88.9 Å². The van der Waals surface area contributed by atoms with Gasteiger partial charge in [-0.1, -0.05) is 149 Å². The zero-order chi connectivity index (χ0) is 32.5. The van der Waals surface area contributed by atoms with Crippen molar-refractivity contribution in [2.45, 2.75) is 64.5 Å². The van der Waals surface area contributed by atoms with E-state index < -0.39 is 14.4 Å². The third kappa shape index (κ3) is 7.92. The van der Waals surface area contributed by atoms with Crippen molar-refractivity contribution in [2.24, 2.45) is 0 Å². The highest BCUT2D eigenvalue weighted by atomic mass is 28.4. The van der Waals surface area contributed by atoms with Gasteiger partial charge in [-0.25, -0.2) is 0 Å². The van der Waals surface area contributed by atoms with E-state index >= 15 is 0 Å². The second kappa shape index (κ2) is 15.5. The second-order valence-corrected chi connectivity index (χ2v) is 17.0. The predicted molar refractivity (Wildman–Crippen MR) is 192 cm³/mol. The minimum atomic E-state index is -2.79. The number of rotatable bonds is 14. The van der Waals surface area contributed by atoms with E-state index in [-0.39, 0.29) is 24.0 Å². The summed E-state index contributed by atoms with van der Waals surface area (Å²) >= 11 is 0. The summed E-state index contributed by atoms with van der Waals surface area (Å²) in [5, 5.41) is 35.8. The zero-order valence-corrected chi connectivity index (χ0v) is 28.2. The van der Waals surface area contributed by atoms with Crippen LogP contribution in [0, 0.1) is 0 Å². The standard InChI is InChI=1S/C40H48O4Si/c1-6-15-31(28-32-23-25-39(43)37-21-14-13-20-36(32)37)22-24-38(42)35(26-27-41)30(2)29-44-45(40(3,4)5,33-16-9-7-10-17-33)34-18-11-8-12-19-34/h7-14,16-21,23,25-26,28,38,41-43H,2,6,15,22,24,27,29H2,1,3-5H3/b31-28+,35-26-. The number of fused-ring (bicyclic) bond motifs is 1. The number of aromatic hydroxyl groups is 1. The Morgan fingerprint density at radius 2 is 1.42 bits per heavy atom. The lowest BCUT2D eigenvalue weighted by molar-refractivity contribution is 0.197. The fourth-order valence-electron chi connectivity index (χ4n) is 6.37. The van der Waals surface area contributed by atoms with Gasteiger partial charge in [-0.15, -0.1) is 0 Å². The van der Waals surface area contributed by atoms with E-state index in [1.54, 1.807) is 12.1 Å². The lowest BCUT2D eigenvalue weighted by atomic mass is 9.93. The van der Waals surface area contributed by atoms with Crippen molar-refractivity contribution in [3.8, 4) is 5.75 Å². The van der Waals surface area contributed by atoms with Crippen LogP contribution in [0.4, 0.5) is 0 Å². The maximum Gasteiger partial charge on any atom is 0.261 e. The molecule has 0 saturated carbocycles. The van der Waals surface area contributed by atoms with Gasteiger partial charge in [-0.3, -0.25) is 0 Å². The van der Waals surface area contributed by atoms with Crippen LogP contribution in [0.3, 0.4) is 0 Å².